The van der Waals surface area contributed by atoms with Crippen molar-refractivity contribution in [1.82, 2.24) is 0 Å². The van der Waals surface area contributed by atoms with Gasteiger partial charge in [0.1, 0.15) is 5.78 Å². The summed E-state index contributed by atoms with van der Waals surface area (Å²) in [6.07, 6.45) is 2.69. The molecule has 1 heteroatoms. The van der Waals surface area contributed by atoms with Crippen LogP contribution in [0.4, 0.5) is 0 Å². The van der Waals surface area contributed by atoms with Crippen molar-refractivity contribution in [3.63, 3.8) is 0 Å². The summed E-state index contributed by atoms with van der Waals surface area (Å²) in [4.78, 5) is 12.2. The fourth-order valence-corrected chi connectivity index (χ4v) is 2.78. The Morgan fingerprint density at radius 3 is 1.71 bits per heavy atom. The SMILES string of the molecule is CCCC(=O)C(CC)(C(C)C)C(C)C. The minimum Gasteiger partial charge on any atom is -0.299 e. The van der Waals surface area contributed by atoms with E-state index in [4.69, 9.17) is 0 Å². The smallest absolute Gasteiger partial charge is 0.139 e. The third-order valence-corrected chi connectivity index (χ3v) is 3.64. The number of carbonyl (C=O) groups is 1. The third-order valence-electron chi connectivity index (χ3n) is 3.64. The number of Topliss-reactive ketones (excluding diaryl/α,β-unsaturated/α-hetero) is 1. The molecule has 0 spiro atoms. The van der Waals surface area contributed by atoms with Crippen LogP contribution in [-0.2, 0) is 4.79 Å². The molecule has 0 saturated carbocycles. The first kappa shape index (κ1) is 13.7. The third kappa shape index (κ3) is 2.37. The van der Waals surface area contributed by atoms with E-state index in [1.807, 2.05) is 0 Å². The van der Waals surface area contributed by atoms with E-state index in [9.17, 15) is 4.79 Å². The topological polar surface area (TPSA) is 17.1 Å². The van der Waals surface area contributed by atoms with Crippen LogP contribution < -0.4 is 0 Å². The fourth-order valence-electron chi connectivity index (χ4n) is 2.78. The fraction of sp³-hybridized carbons (Fsp3) is 0.923. The summed E-state index contributed by atoms with van der Waals surface area (Å²) in [5.74, 6) is 1.37. The summed E-state index contributed by atoms with van der Waals surface area (Å²) >= 11 is 0. The van der Waals surface area contributed by atoms with E-state index in [1.54, 1.807) is 0 Å². The molecule has 0 aromatic heterocycles. The molecule has 0 aliphatic rings. The molecule has 0 aromatic carbocycles. The van der Waals surface area contributed by atoms with Crippen LogP contribution in [0.2, 0.25) is 0 Å². The van der Waals surface area contributed by atoms with E-state index < -0.39 is 0 Å². The molecule has 0 saturated heterocycles. The number of carbonyl (C=O) groups excluding carboxylic acids is 1. The summed E-state index contributed by atoms with van der Waals surface area (Å²) in [6, 6.07) is 0. The summed E-state index contributed by atoms with van der Waals surface area (Å²) < 4.78 is 0. The largest absolute Gasteiger partial charge is 0.299 e. The van der Waals surface area contributed by atoms with Crippen molar-refractivity contribution in [3.8, 4) is 0 Å². The Kier molecular flexibility index (Phi) is 5.40. The minimum absolute atomic E-state index is 0.0873. The molecule has 0 rings (SSSR count). The zero-order chi connectivity index (χ0) is 11.4. The maximum Gasteiger partial charge on any atom is 0.139 e. The van der Waals surface area contributed by atoms with Crippen LogP contribution in [0.15, 0.2) is 0 Å². The molecule has 0 aliphatic heterocycles. The van der Waals surface area contributed by atoms with Crippen molar-refractivity contribution in [3.05, 3.63) is 0 Å². The molecule has 0 aromatic rings. The molecule has 0 bridgehead atoms. The lowest BCUT2D eigenvalue weighted by Crippen LogP contribution is -2.40. The van der Waals surface area contributed by atoms with E-state index in [-0.39, 0.29) is 5.41 Å². The lowest BCUT2D eigenvalue weighted by Gasteiger charge is -2.39. The van der Waals surface area contributed by atoms with Crippen LogP contribution in [0.3, 0.4) is 0 Å². The molecule has 0 fully saturated rings. The van der Waals surface area contributed by atoms with Gasteiger partial charge in [-0.1, -0.05) is 41.5 Å². The van der Waals surface area contributed by atoms with Crippen molar-refractivity contribution in [2.24, 2.45) is 17.3 Å². The van der Waals surface area contributed by atoms with Crippen LogP contribution in [0.1, 0.15) is 60.8 Å². The molecule has 0 atom stereocenters. The number of hydrogen-bond donors (Lipinski definition) is 0. The highest BCUT2D eigenvalue weighted by molar-refractivity contribution is 5.85. The molecule has 0 amide bonds. The molecular weight excluding hydrogens is 172 g/mol. The van der Waals surface area contributed by atoms with Gasteiger partial charge in [-0.3, -0.25) is 4.79 Å². The first-order chi connectivity index (χ1) is 6.43. The second-order valence-corrected chi connectivity index (χ2v) is 4.88. The molecule has 0 heterocycles. The van der Waals surface area contributed by atoms with E-state index in [1.165, 1.54) is 0 Å². The number of rotatable bonds is 6. The lowest BCUT2D eigenvalue weighted by atomic mass is 9.63. The van der Waals surface area contributed by atoms with Gasteiger partial charge in [0.2, 0.25) is 0 Å². The van der Waals surface area contributed by atoms with Gasteiger partial charge in [0.25, 0.3) is 0 Å². The second kappa shape index (κ2) is 5.53. The van der Waals surface area contributed by atoms with Crippen molar-refractivity contribution in [1.29, 1.82) is 0 Å². The molecule has 0 aliphatic carbocycles. The molecule has 0 N–H and O–H groups in total. The van der Waals surface area contributed by atoms with Crippen molar-refractivity contribution < 1.29 is 4.79 Å². The zero-order valence-electron chi connectivity index (χ0n) is 10.7. The van der Waals surface area contributed by atoms with Gasteiger partial charge < -0.3 is 0 Å². The van der Waals surface area contributed by atoms with E-state index >= 15 is 0 Å². The average molecular weight is 198 g/mol. The van der Waals surface area contributed by atoms with Gasteiger partial charge in [0.05, 0.1) is 0 Å². The monoisotopic (exact) mass is 198 g/mol. The first-order valence-electron chi connectivity index (χ1n) is 5.96. The quantitative estimate of drug-likeness (QED) is 0.629. The highest BCUT2D eigenvalue weighted by atomic mass is 16.1. The Bertz CT molecular complexity index is 172. The Morgan fingerprint density at radius 1 is 1.07 bits per heavy atom. The van der Waals surface area contributed by atoms with Crippen LogP contribution in [0, 0.1) is 17.3 Å². The maximum absolute atomic E-state index is 12.2. The standard InChI is InChI=1S/C13H26O/c1-7-9-12(14)13(8-2,10(3)4)11(5)6/h10-11H,7-9H2,1-6H3. The second-order valence-electron chi connectivity index (χ2n) is 4.88. The van der Waals surface area contributed by atoms with Gasteiger partial charge in [0, 0.05) is 11.8 Å². The predicted molar refractivity (Wildman–Crippen MR) is 62.3 cm³/mol. The Labute approximate surface area is 89.3 Å². The van der Waals surface area contributed by atoms with Crippen molar-refractivity contribution in [2.75, 3.05) is 0 Å². The van der Waals surface area contributed by atoms with Crippen LogP contribution in [-0.4, -0.2) is 5.78 Å². The van der Waals surface area contributed by atoms with Gasteiger partial charge in [-0.15, -0.1) is 0 Å². The van der Waals surface area contributed by atoms with Gasteiger partial charge >= 0.3 is 0 Å². The average Bonchev–Trinajstić information content (AvgIpc) is 2.05. The van der Waals surface area contributed by atoms with E-state index in [0.717, 1.165) is 19.3 Å². The van der Waals surface area contributed by atoms with Crippen molar-refractivity contribution in [2.45, 2.75) is 60.8 Å². The predicted octanol–water partition coefficient (Wildman–Crippen LogP) is 4.06. The Balaban J connectivity index is 4.93. The van der Waals surface area contributed by atoms with Gasteiger partial charge in [-0.2, -0.15) is 0 Å². The van der Waals surface area contributed by atoms with Gasteiger partial charge in [-0.25, -0.2) is 0 Å². The van der Waals surface area contributed by atoms with E-state index in [2.05, 4.69) is 41.5 Å². The molecule has 84 valence electrons. The molecule has 14 heavy (non-hydrogen) atoms. The van der Waals surface area contributed by atoms with Crippen LogP contribution in [0.5, 0.6) is 0 Å². The Morgan fingerprint density at radius 2 is 1.50 bits per heavy atom. The summed E-state index contributed by atoms with van der Waals surface area (Å²) in [7, 11) is 0. The van der Waals surface area contributed by atoms with Crippen LogP contribution >= 0.6 is 0 Å². The van der Waals surface area contributed by atoms with E-state index in [0.29, 0.717) is 17.6 Å². The molecule has 0 radical (unpaired) electrons. The van der Waals surface area contributed by atoms with Crippen LogP contribution in [0.25, 0.3) is 0 Å². The zero-order valence-corrected chi connectivity index (χ0v) is 10.7. The molecular formula is C13H26O. The first-order valence-corrected chi connectivity index (χ1v) is 5.96. The summed E-state index contributed by atoms with van der Waals surface area (Å²) in [5.41, 5.74) is -0.0873. The Hall–Kier alpha value is -0.330. The van der Waals surface area contributed by atoms with Gasteiger partial charge in [0.15, 0.2) is 0 Å². The van der Waals surface area contributed by atoms with Crippen molar-refractivity contribution >= 4 is 5.78 Å². The highest BCUT2D eigenvalue weighted by Crippen LogP contribution is 2.41. The number of hydrogen-bond acceptors (Lipinski definition) is 1. The van der Waals surface area contributed by atoms with Gasteiger partial charge in [-0.05, 0) is 24.7 Å². The molecule has 1 nitrogen and oxygen atoms in total. The summed E-state index contributed by atoms with van der Waals surface area (Å²) in [5, 5.41) is 0. The number of ketones is 1. The maximum atomic E-state index is 12.2. The lowest BCUT2D eigenvalue weighted by molar-refractivity contribution is -0.135. The molecule has 0 unspecified atom stereocenters. The minimum atomic E-state index is -0.0873. The normalized spacial score (nSPS) is 12.6. The summed E-state index contributed by atoms with van der Waals surface area (Å²) in [6.45, 7) is 12.9. The highest BCUT2D eigenvalue weighted by Gasteiger charge is 2.41.